The van der Waals surface area contributed by atoms with E-state index in [4.69, 9.17) is 0 Å². The molecule has 3 rings (SSSR count). The van der Waals surface area contributed by atoms with Crippen molar-refractivity contribution in [2.24, 2.45) is 0 Å². The standard InChI is InChI=1S/C15H20O/c1-11(16)15(9-10-15)14-8-4-6-12-5-2-3-7-13(12)14/h4,6,8,11,16H,2-3,5,7,9-10H2,1H3. The Balaban J connectivity index is 2.08. The van der Waals surface area contributed by atoms with E-state index in [-0.39, 0.29) is 11.5 Å². The topological polar surface area (TPSA) is 20.2 Å². The fourth-order valence-corrected chi connectivity index (χ4v) is 3.29. The normalized spacial score (nSPS) is 23.6. The maximum atomic E-state index is 10.00. The van der Waals surface area contributed by atoms with Crippen LogP contribution in [-0.2, 0) is 18.3 Å². The highest BCUT2D eigenvalue weighted by atomic mass is 16.3. The zero-order chi connectivity index (χ0) is 11.2. The van der Waals surface area contributed by atoms with Gasteiger partial charge in [0.2, 0.25) is 0 Å². The van der Waals surface area contributed by atoms with Gasteiger partial charge in [-0.05, 0) is 62.1 Å². The molecule has 1 atom stereocenters. The minimum Gasteiger partial charge on any atom is -0.392 e. The lowest BCUT2D eigenvalue weighted by Crippen LogP contribution is -2.25. The molecular weight excluding hydrogens is 196 g/mol. The first-order valence-corrected chi connectivity index (χ1v) is 6.53. The van der Waals surface area contributed by atoms with Crippen LogP contribution in [0.15, 0.2) is 18.2 Å². The zero-order valence-electron chi connectivity index (χ0n) is 10.00. The highest BCUT2D eigenvalue weighted by Crippen LogP contribution is 2.52. The van der Waals surface area contributed by atoms with Gasteiger partial charge in [-0.3, -0.25) is 0 Å². The van der Waals surface area contributed by atoms with Crippen molar-refractivity contribution in [1.82, 2.24) is 0 Å². The molecule has 1 fully saturated rings. The first-order valence-electron chi connectivity index (χ1n) is 6.53. The molecule has 0 heterocycles. The van der Waals surface area contributed by atoms with Crippen molar-refractivity contribution in [3.05, 3.63) is 34.9 Å². The molecule has 1 aromatic rings. The Morgan fingerprint density at radius 1 is 1.19 bits per heavy atom. The van der Waals surface area contributed by atoms with Crippen molar-refractivity contribution in [2.75, 3.05) is 0 Å². The van der Waals surface area contributed by atoms with E-state index >= 15 is 0 Å². The average Bonchev–Trinajstić information content (AvgIpc) is 3.09. The molecule has 1 nitrogen and oxygen atoms in total. The number of aliphatic hydroxyl groups is 1. The molecule has 0 amide bonds. The molecule has 1 unspecified atom stereocenters. The Labute approximate surface area is 97.5 Å². The van der Waals surface area contributed by atoms with E-state index in [0.717, 1.165) is 0 Å². The second kappa shape index (κ2) is 3.59. The number of hydrogen-bond donors (Lipinski definition) is 1. The first-order chi connectivity index (χ1) is 7.74. The lowest BCUT2D eigenvalue weighted by molar-refractivity contribution is 0.150. The largest absolute Gasteiger partial charge is 0.392 e. The maximum Gasteiger partial charge on any atom is 0.0608 e. The molecular formula is C15H20O. The third kappa shape index (κ3) is 1.41. The molecule has 0 aliphatic heterocycles. The Hall–Kier alpha value is -0.820. The summed E-state index contributed by atoms with van der Waals surface area (Å²) in [6.45, 7) is 1.95. The number of hydrogen-bond acceptors (Lipinski definition) is 1. The molecule has 0 saturated heterocycles. The summed E-state index contributed by atoms with van der Waals surface area (Å²) >= 11 is 0. The van der Waals surface area contributed by atoms with Crippen molar-refractivity contribution in [1.29, 1.82) is 0 Å². The lowest BCUT2D eigenvalue weighted by Gasteiger charge is -2.26. The monoisotopic (exact) mass is 216 g/mol. The fourth-order valence-electron chi connectivity index (χ4n) is 3.29. The van der Waals surface area contributed by atoms with E-state index in [2.05, 4.69) is 18.2 Å². The molecule has 0 radical (unpaired) electrons. The van der Waals surface area contributed by atoms with Gasteiger partial charge in [-0.15, -0.1) is 0 Å². The molecule has 2 aliphatic rings. The molecule has 1 N–H and O–H groups in total. The summed E-state index contributed by atoms with van der Waals surface area (Å²) in [5.41, 5.74) is 4.67. The van der Waals surface area contributed by atoms with Gasteiger partial charge in [0.25, 0.3) is 0 Å². The number of aryl methyl sites for hydroxylation is 1. The number of aliphatic hydroxyl groups excluding tert-OH is 1. The molecule has 0 aromatic heterocycles. The van der Waals surface area contributed by atoms with Gasteiger partial charge in [0.1, 0.15) is 0 Å². The molecule has 1 aromatic carbocycles. The molecule has 1 saturated carbocycles. The predicted molar refractivity (Wildman–Crippen MR) is 65.7 cm³/mol. The van der Waals surface area contributed by atoms with E-state index in [9.17, 15) is 5.11 Å². The first kappa shape index (κ1) is 10.3. The van der Waals surface area contributed by atoms with Crippen LogP contribution in [0.1, 0.15) is 49.3 Å². The minimum absolute atomic E-state index is 0.114. The second-order valence-electron chi connectivity index (χ2n) is 5.48. The van der Waals surface area contributed by atoms with E-state index < -0.39 is 0 Å². The minimum atomic E-state index is -0.194. The highest BCUT2D eigenvalue weighted by molar-refractivity contribution is 5.45. The lowest BCUT2D eigenvalue weighted by atomic mass is 9.80. The summed E-state index contributed by atoms with van der Waals surface area (Å²) < 4.78 is 0. The van der Waals surface area contributed by atoms with E-state index in [1.165, 1.54) is 49.7 Å². The Bertz CT molecular complexity index is 402. The van der Waals surface area contributed by atoms with Crippen LogP contribution in [0, 0.1) is 0 Å². The predicted octanol–water partition coefficient (Wildman–Crippen LogP) is 2.98. The van der Waals surface area contributed by atoms with Gasteiger partial charge in [-0.2, -0.15) is 0 Å². The van der Waals surface area contributed by atoms with Gasteiger partial charge in [0.05, 0.1) is 6.10 Å². The molecule has 2 aliphatic carbocycles. The van der Waals surface area contributed by atoms with E-state index in [0.29, 0.717) is 0 Å². The Morgan fingerprint density at radius 2 is 1.94 bits per heavy atom. The van der Waals surface area contributed by atoms with Crippen molar-refractivity contribution in [3.8, 4) is 0 Å². The summed E-state index contributed by atoms with van der Waals surface area (Å²) in [5, 5.41) is 10.00. The van der Waals surface area contributed by atoms with Gasteiger partial charge < -0.3 is 5.11 Å². The van der Waals surface area contributed by atoms with Crippen molar-refractivity contribution < 1.29 is 5.11 Å². The maximum absolute atomic E-state index is 10.00. The number of fused-ring (bicyclic) bond motifs is 1. The third-order valence-corrected chi connectivity index (χ3v) is 4.52. The summed E-state index contributed by atoms with van der Waals surface area (Å²) in [5.74, 6) is 0. The Morgan fingerprint density at radius 3 is 2.62 bits per heavy atom. The SMILES string of the molecule is CC(O)C1(c2cccc3c2CCCC3)CC1. The molecule has 1 heteroatoms. The molecule has 86 valence electrons. The van der Waals surface area contributed by atoms with Gasteiger partial charge in [-0.25, -0.2) is 0 Å². The van der Waals surface area contributed by atoms with Gasteiger partial charge in [0, 0.05) is 5.41 Å². The van der Waals surface area contributed by atoms with Crippen LogP contribution in [0.4, 0.5) is 0 Å². The van der Waals surface area contributed by atoms with Gasteiger partial charge in [0.15, 0.2) is 0 Å². The molecule has 16 heavy (non-hydrogen) atoms. The van der Waals surface area contributed by atoms with Gasteiger partial charge >= 0.3 is 0 Å². The van der Waals surface area contributed by atoms with Gasteiger partial charge in [-0.1, -0.05) is 18.2 Å². The second-order valence-corrected chi connectivity index (χ2v) is 5.48. The van der Waals surface area contributed by atoms with Crippen LogP contribution in [0.2, 0.25) is 0 Å². The summed E-state index contributed by atoms with van der Waals surface area (Å²) in [6, 6.07) is 6.71. The van der Waals surface area contributed by atoms with Crippen LogP contribution < -0.4 is 0 Å². The van der Waals surface area contributed by atoms with Crippen LogP contribution in [0.25, 0.3) is 0 Å². The Kier molecular flexibility index (Phi) is 2.32. The summed E-state index contributed by atoms with van der Waals surface area (Å²) in [6.07, 6.45) is 7.25. The average molecular weight is 216 g/mol. The van der Waals surface area contributed by atoms with E-state index in [1.54, 1.807) is 5.56 Å². The number of benzene rings is 1. The quantitative estimate of drug-likeness (QED) is 0.805. The zero-order valence-corrected chi connectivity index (χ0v) is 10.00. The van der Waals surface area contributed by atoms with Crippen molar-refractivity contribution in [2.45, 2.75) is 57.0 Å². The summed E-state index contributed by atoms with van der Waals surface area (Å²) in [7, 11) is 0. The van der Waals surface area contributed by atoms with Crippen LogP contribution >= 0.6 is 0 Å². The third-order valence-electron chi connectivity index (χ3n) is 4.52. The van der Waals surface area contributed by atoms with E-state index in [1.807, 2.05) is 6.92 Å². The molecule has 0 bridgehead atoms. The smallest absolute Gasteiger partial charge is 0.0608 e. The van der Waals surface area contributed by atoms with Crippen LogP contribution in [-0.4, -0.2) is 11.2 Å². The summed E-state index contributed by atoms with van der Waals surface area (Å²) in [4.78, 5) is 0. The van der Waals surface area contributed by atoms with Crippen LogP contribution in [0.5, 0.6) is 0 Å². The van der Waals surface area contributed by atoms with Crippen molar-refractivity contribution >= 4 is 0 Å². The van der Waals surface area contributed by atoms with Crippen LogP contribution in [0.3, 0.4) is 0 Å². The molecule has 0 spiro atoms. The highest BCUT2D eigenvalue weighted by Gasteiger charge is 2.49. The fraction of sp³-hybridized carbons (Fsp3) is 0.600. The number of rotatable bonds is 2. The van der Waals surface area contributed by atoms with Crippen molar-refractivity contribution in [3.63, 3.8) is 0 Å².